The highest BCUT2D eigenvalue weighted by Crippen LogP contribution is 2.35. The van der Waals surface area contributed by atoms with Crippen molar-refractivity contribution in [1.29, 1.82) is 0 Å². The SMILES string of the molecule is CCOC(=O)/C=C/COC(C(F)(F)F)C(F)(F)F. The monoisotopic (exact) mass is 280 g/mol. The van der Waals surface area contributed by atoms with E-state index in [4.69, 9.17) is 0 Å². The molecule has 0 N–H and O–H groups in total. The fourth-order valence-corrected chi connectivity index (χ4v) is 0.861. The summed E-state index contributed by atoms with van der Waals surface area (Å²) in [5, 5.41) is 0. The third kappa shape index (κ3) is 6.48. The molecule has 9 heteroatoms. The van der Waals surface area contributed by atoms with Crippen molar-refractivity contribution in [3.8, 4) is 0 Å². The highest BCUT2D eigenvalue weighted by Gasteiger charge is 2.57. The minimum Gasteiger partial charge on any atom is -0.463 e. The zero-order chi connectivity index (χ0) is 14.4. The highest BCUT2D eigenvalue weighted by atomic mass is 19.4. The van der Waals surface area contributed by atoms with Crippen LogP contribution in [0.4, 0.5) is 26.3 Å². The molecule has 0 aromatic rings. The summed E-state index contributed by atoms with van der Waals surface area (Å²) in [5.41, 5.74) is 0. The van der Waals surface area contributed by atoms with E-state index in [0.717, 1.165) is 0 Å². The molecule has 0 saturated heterocycles. The minimum absolute atomic E-state index is 0.0394. The van der Waals surface area contributed by atoms with Crippen molar-refractivity contribution >= 4 is 5.97 Å². The Hall–Kier alpha value is -1.25. The maximum absolute atomic E-state index is 12.0. The first-order valence-electron chi connectivity index (χ1n) is 4.67. The predicted octanol–water partition coefficient (Wildman–Crippen LogP) is 2.62. The first-order chi connectivity index (χ1) is 8.09. The molecule has 0 aromatic carbocycles. The Morgan fingerprint density at radius 3 is 2.06 bits per heavy atom. The van der Waals surface area contributed by atoms with Gasteiger partial charge in [0.15, 0.2) is 0 Å². The third-order valence-corrected chi connectivity index (χ3v) is 1.49. The molecular formula is C9H10F6O3. The first kappa shape index (κ1) is 16.8. The van der Waals surface area contributed by atoms with Crippen molar-refractivity contribution in [1.82, 2.24) is 0 Å². The van der Waals surface area contributed by atoms with Crippen molar-refractivity contribution in [2.75, 3.05) is 13.2 Å². The molecule has 0 unspecified atom stereocenters. The van der Waals surface area contributed by atoms with E-state index in [1.807, 2.05) is 0 Å². The molecule has 0 fully saturated rings. The zero-order valence-corrected chi connectivity index (χ0v) is 9.14. The van der Waals surface area contributed by atoms with Crippen LogP contribution in [-0.2, 0) is 14.3 Å². The van der Waals surface area contributed by atoms with Crippen LogP contribution in [0, 0.1) is 0 Å². The molecule has 0 spiro atoms. The van der Waals surface area contributed by atoms with Gasteiger partial charge in [0.25, 0.3) is 0 Å². The van der Waals surface area contributed by atoms with E-state index in [1.54, 1.807) is 0 Å². The van der Waals surface area contributed by atoms with E-state index in [9.17, 15) is 31.1 Å². The molecule has 0 amide bonds. The predicted molar refractivity (Wildman–Crippen MR) is 47.6 cm³/mol. The summed E-state index contributed by atoms with van der Waals surface area (Å²) in [5.74, 6) is -0.878. The fourth-order valence-electron chi connectivity index (χ4n) is 0.861. The van der Waals surface area contributed by atoms with Gasteiger partial charge in [0.2, 0.25) is 6.10 Å². The van der Waals surface area contributed by atoms with Crippen LogP contribution in [0.15, 0.2) is 12.2 Å². The van der Waals surface area contributed by atoms with Gasteiger partial charge in [-0.2, -0.15) is 26.3 Å². The van der Waals surface area contributed by atoms with Crippen molar-refractivity contribution in [3.05, 3.63) is 12.2 Å². The summed E-state index contributed by atoms with van der Waals surface area (Å²) < 4.78 is 79.8. The Bertz CT molecular complexity index is 280. The van der Waals surface area contributed by atoms with Gasteiger partial charge in [-0.05, 0) is 6.92 Å². The summed E-state index contributed by atoms with van der Waals surface area (Å²) in [4.78, 5) is 10.7. The quantitative estimate of drug-likeness (QED) is 0.441. The van der Waals surface area contributed by atoms with Crippen molar-refractivity contribution in [2.24, 2.45) is 0 Å². The Balaban J connectivity index is 4.35. The van der Waals surface area contributed by atoms with Gasteiger partial charge in [-0.15, -0.1) is 0 Å². The van der Waals surface area contributed by atoms with Crippen LogP contribution in [0.3, 0.4) is 0 Å². The Morgan fingerprint density at radius 2 is 1.67 bits per heavy atom. The summed E-state index contributed by atoms with van der Waals surface area (Å²) >= 11 is 0. The van der Waals surface area contributed by atoms with Gasteiger partial charge in [-0.3, -0.25) is 0 Å². The Kier molecular flexibility index (Phi) is 6.16. The molecule has 0 heterocycles. The van der Waals surface area contributed by atoms with Gasteiger partial charge in [0.05, 0.1) is 13.2 Å². The molecule has 0 aliphatic rings. The highest BCUT2D eigenvalue weighted by molar-refractivity contribution is 5.81. The van der Waals surface area contributed by atoms with Crippen LogP contribution in [0.2, 0.25) is 0 Å². The van der Waals surface area contributed by atoms with Crippen LogP contribution in [0.1, 0.15) is 6.92 Å². The van der Waals surface area contributed by atoms with E-state index in [2.05, 4.69) is 9.47 Å². The summed E-state index contributed by atoms with van der Waals surface area (Å²) in [6, 6.07) is 0. The van der Waals surface area contributed by atoms with Gasteiger partial charge in [0, 0.05) is 6.08 Å². The largest absolute Gasteiger partial charge is 0.463 e. The number of ether oxygens (including phenoxy) is 2. The number of carbonyl (C=O) groups excluding carboxylic acids is 1. The molecule has 0 bridgehead atoms. The van der Waals surface area contributed by atoms with Gasteiger partial charge >= 0.3 is 18.3 Å². The fraction of sp³-hybridized carbons (Fsp3) is 0.667. The molecule has 0 aromatic heterocycles. The topological polar surface area (TPSA) is 35.5 Å². The Morgan fingerprint density at radius 1 is 1.17 bits per heavy atom. The van der Waals surface area contributed by atoms with Gasteiger partial charge in [-0.1, -0.05) is 6.08 Å². The van der Waals surface area contributed by atoms with Gasteiger partial charge in [-0.25, -0.2) is 4.79 Å². The smallest absolute Gasteiger partial charge is 0.423 e. The van der Waals surface area contributed by atoms with Crippen molar-refractivity contribution in [2.45, 2.75) is 25.4 Å². The molecule has 0 aliphatic heterocycles. The number of hydrogen-bond acceptors (Lipinski definition) is 3. The maximum Gasteiger partial charge on any atom is 0.423 e. The molecule has 18 heavy (non-hydrogen) atoms. The number of alkyl halides is 6. The lowest BCUT2D eigenvalue weighted by Gasteiger charge is -2.22. The lowest BCUT2D eigenvalue weighted by atomic mass is 10.3. The molecule has 0 radical (unpaired) electrons. The zero-order valence-electron chi connectivity index (χ0n) is 9.14. The van der Waals surface area contributed by atoms with Gasteiger partial charge in [0.1, 0.15) is 0 Å². The molecule has 3 nitrogen and oxygen atoms in total. The molecule has 106 valence electrons. The van der Waals surface area contributed by atoms with Crippen molar-refractivity contribution < 1.29 is 40.6 Å². The first-order valence-corrected chi connectivity index (χ1v) is 4.67. The summed E-state index contributed by atoms with van der Waals surface area (Å²) in [6.45, 7) is 0.520. The number of halogens is 6. The van der Waals surface area contributed by atoms with Gasteiger partial charge < -0.3 is 9.47 Å². The number of esters is 1. The third-order valence-electron chi connectivity index (χ3n) is 1.49. The van der Waals surface area contributed by atoms with Crippen LogP contribution >= 0.6 is 0 Å². The molecule has 0 aliphatic carbocycles. The van der Waals surface area contributed by atoms with E-state index in [1.165, 1.54) is 6.92 Å². The Labute approximate surface area is 98.4 Å². The lowest BCUT2D eigenvalue weighted by Crippen LogP contribution is -2.44. The molecule has 0 rings (SSSR count). The van der Waals surface area contributed by atoms with Crippen molar-refractivity contribution in [3.63, 3.8) is 0 Å². The minimum atomic E-state index is -5.56. The average Bonchev–Trinajstić information content (AvgIpc) is 2.13. The molecule has 0 saturated carbocycles. The van der Waals surface area contributed by atoms with E-state index >= 15 is 0 Å². The second-order valence-electron chi connectivity index (χ2n) is 2.95. The molecular weight excluding hydrogens is 270 g/mol. The number of rotatable bonds is 5. The molecule has 0 atom stereocenters. The summed E-state index contributed by atoms with van der Waals surface area (Å²) in [6.07, 6.45) is -13.6. The van der Waals surface area contributed by atoms with Crippen LogP contribution in [-0.4, -0.2) is 37.6 Å². The standard InChI is InChI=1S/C9H10F6O3/c1-2-17-6(16)4-3-5-18-7(8(10,11)12)9(13,14)15/h3-4,7H,2,5H2,1H3/b4-3+. The number of hydrogen-bond donors (Lipinski definition) is 0. The van der Waals surface area contributed by atoms with Crippen LogP contribution < -0.4 is 0 Å². The lowest BCUT2D eigenvalue weighted by molar-refractivity contribution is -0.319. The van der Waals surface area contributed by atoms with Crippen LogP contribution in [0.25, 0.3) is 0 Å². The normalized spacial score (nSPS) is 13.3. The van der Waals surface area contributed by atoms with E-state index in [-0.39, 0.29) is 6.61 Å². The maximum atomic E-state index is 12.0. The van der Waals surface area contributed by atoms with E-state index in [0.29, 0.717) is 12.2 Å². The average molecular weight is 280 g/mol. The summed E-state index contributed by atoms with van der Waals surface area (Å²) in [7, 11) is 0. The van der Waals surface area contributed by atoms with E-state index < -0.39 is 31.0 Å². The second kappa shape index (κ2) is 6.62. The second-order valence-corrected chi connectivity index (χ2v) is 2.95. The number of carbonyl (C=O) groups is 1. The van der Waals surface area contributed by atoms with Crippen LogP contribution in [0.5, 0.6) is 0 Å².